The molecule has 0 bridgehead atoms. The van der Waals surface area contributed by atoms with Gasteiger partial charge in [0.15, 0.2) is 0 Å². The van der Waals surface area contributed by atoms with Gasteiger partial charge in [0.1, 0.15) is 11.5 Å². The molecule has 8 heteroatoms. The van der Waals surface area contributed by atoms with E-state index in [4.69, 9.17) is 21.2 Å². The Morgan fingerprint density at radius 3 is 1.58 bits per heavy atom. The van der Waals surface area contributed by atoms with E-state index in [1.165, 1.54) is 12.1 Å². The van der Waals surface area contributed by atoms with Crippen molar-refractivity contribution in [1.29, 1.82) is 0 Å². The van der Waals surface area contributed by atoms with E-state index in [0.29, 0.717) is 12.8 Å². The fourth-order valence-corrected chi connectivity index (χ4v) is 1.81. The van der Waals surface area contributed by atoms with Crippen molar-refractivity contribution in [3.05, 3.63) is 48.6 Å². The second-order valence-corrected chi connectivity index (χ2v) is 4.64. The molecule has 6 N–H and O–H groups in total. The second-order valence-electron chi connectivity index (χ2n) is 4.64. The van der Waals surface area contributed by atoms with Crippen molar-refractivity contribution >= 4 is 11.8 Å². The van der Waals surface area contributed by atoms with Crippen LogP contribution in [0, 0.1) is 0 Å². The number of nitrogens with two attached hydrogens (primary N) is 2. The van der Waals surface area contributed by atoms with Crippen LogP contribution in [0.15, 0.2) is 37.4 Å². The molecular weight excluding hydrogens is 312 g/mol. The Balaban J connectivity index is 3.29. The van der Waals surface area contributed by atoms with Crippen molar-refractivity contribution in [1.82, 2.24) is 10.9 Å². The summed E-state index contributed by atoms with van der Waals surface area (Å²) in [5, 5.41) is 0. The summed E-state index contributed by atoms with van der Waals surface area (Å²) in [6, 6.07) is 2.78. The van der Waals surface area contributed by atoms with Gasteiger partial charge in [0.2, 0.25) is 0 Å². The summed E-state index contributed by atoms with van der Waals surface area (Å²) in [4.78, 5) is 23.9. The zero-order valence-corrected chi connectivity index (χ0v) is 13.3. The minimum atomic E-state index is -0.572. The summed E-state index contributed by atoms with van der Waals surface area (Å²) in [5.41, 5.74) is 4.35. The molecule has 1 aromatic carbocycles. The average Bonchev–Trinajstić information content (AvgIpc) is 2.61. The van der Waals surface area contributed by atoms with Crippen molar-refractivity contribution in [2.75, 3.05) is 13.2 Å². The molecule has 0 aliphatic carbocycles. The van der Waals surface area contributed by atoms with Crippen molar-refractivity contribution < 1.29 is 19.1 Å². The van der Waals surface area contributed by atoms with E-state index < -0.39 is 11.8 Å². The van der Waals surface area contributed by atoms with Gasteiger partial charge >= 0.3 is 0 Å². The van der Waals surface area contributed by atoms with Gasteiger partial charge in [0.25, 0.3) is 11.8 Å². The molecule has 24 heavy (non-hydrogen) atoms. The van der Waals surface area contributed by atoms with Crippen LogP contribution < -0.4 is 32.0 Å². The fraction of sp³-hybridized carbons (Fsp3) is 0.250. The van der Waals surface area contributed by atoms with E-state index in [0.717, 1.165) is 0 Å². The lowest BCUT2D eigenvalue weighted by Gasteiger charge is -2.16. The summed E-state index contributed by atoms with van der Waals surface area (Å²) >= 11 is 0. The lowest BCUT2D eigenvalue weighted by molar-refractivity contribution is 0.0934. The highest BCUT2D eigenvalue weighted by molar-refractivity contribution is 6.02. The third kappa shape index (κ3) is 5.11. The van der Waals surface area contributed by atoms with Crippen LogP contribution in [-0.2, 0) is 0 Å². The number of carbonyl (C=O) groups excluding carboxylic acids is 2. The van der Waals surface area contributed by atoms with Gasteiger partial charge in [-0.15, -0.1) is 13.2 Å². The first-order chi connectivity index (χ1) is 11.6. The van der Waals surface area contributed by atoms with Crippen molar-refractivity contribution in [2.24, 2.45) is 11.7 Å². The van der Waals surface area contributed by atoms with E-state index in [1.807, 2.05) is 10.9 Å². The van der Waals surface area contributed by atoms with Gasteiger partial charge in [-0.25, -0.2) is 11.7 Å². The minimum Gasteiger partial charge on any atom is -0.492 e. The number of ether oxygens (including phenoxy) is 2. The first-order valence-corrected chi connectivity index (χ1v) is 7.26. The highest BCUT2D eigenvalue weighted by atomic mass is 16.5. The van der Waals surface area contributed by atoms with Gasteiger partial charge in [-0.1, -0.05) is 12.2 Å². The zero-order valence-electron chi connectivity index (χ0n) is 13.3. The topological polar surface area (TPSA) is 129 Å². The normalized spacial score (nSPS) is 9.75. The molecule has 1 aromatic rings. The molecule has 0 fully saturated rings. The SMILES string of the molecule is C=CCCOc1cc(C(=O)NN)c(OCCC=C)cc1C(=O)NN. The molecule has 0 heterocycles. The second kappa shape index (κ2) is 10.0. The number of amides is 2. The van der Waals surface area contributed by atoms with Crippen LogP contribution in [0.5, 0.6) is 11.5 Å². The van der Waals surface area contributed by atoms with Crippen molar-refractivity contribution in [3.8, 4) is 11.5 Å². The third-order valence-electron chi connectivity index (χ3n) is 2.99. The lowest BCUT2D eigenvalue weighted by Crippen LogP contribution is -2.32. The number of nitrogens with one attached hydrogen (secondary N) is 2. The predicted molar refractivity (Wildman–Crippen MR) is 90.4 cm³/mol. The van der Waals surface area contributed by atoms with Gasteiger partial charge in [0, 0.05) is 0 Å². The van der Waals surface area contributed by atoms with Crippen LogP contribution in [0.1, 0.15) is 33.6 Å². The number of carbonyl (C=O) groups is 2. The largest absolute Gasteiger partial charge is 0.492 e. The molecule has 0 aliphatic rings. The molecular formula is C16H22N4O4. The Hall–Kier alpha value is -2.84. The van der Waals surface area contributed by atoms with Crippen LogP contribution in [0.2, 0.25) is 0 Å². The molecule has 0 unspecified atom stereocenters. The number of hydrogen-bond donors (Lipinski definition) is 4. The summed E-state index contributed by atoms with van der Waals surface area (Å²) in [6.45, 7) is 7.76. The quantitative estimate of drug-likeness (QED) is 0.165. The van der Waals surface area contributed by atoms with Gasteiger partial charge in [-0.05, 0) is 25.0 Å². The molecule has 130 valence electrons. The Labute approximate surface area is 140 Å². The molecule has 0 saturated heterocycles. The lowest BCUT2D eigenvalue weighted by atomic mass is 10.1. The Morgan fingerprint density at radius 2 is 1.29 bits per heavy atom. The Bertz CT molecular complexity index is 563. The molecule has 1 rings (SSSR count). The van der Waals surface area contributed by atoms with Gasteiger partial charge in [-0.3, -0.25) is 20.4 Å². The summed E-state index contributed by atoms with van der Waals surface area (Å²) in [5.74, 6) is 9.63. The minimum absolute atomic E-state index is 0.142. The van der Waals surface area contributed by atoms with E-state index in [9.17, 15) is 9.59 Å². The fourth-order valence-electron chi connectivity index (χ4n) is 1.81. The van der Waals surface area contributed by atoms with Crippen LogP contribution in [0.3, 0.4) is 0 Å². The summed E-state index contributed by atoms with van der Waals surface area (Å²) in [7, 11) is 0. The molecule has 0 saturated carbocycles. The first-order valence-electron chi connectivity index (χ1n) is 7.26. The molecule has 0 aromatic heterocycles. The molecule has 0 aliphatic heterocycles. The van der Waals surface area contributed by atoms with Crippen LogP contribution in [-0.4, -0.2) is 25.0 Å². The zero-order chi connectivity index (χ0) is 17.9. The summed E-state index contributed by atoms with van der Waals surface area (Å²) in [6.07, 6.45) is 4.48. The van der Waals surface area contributed by atoms with E-state index >= 15 is 0 Å². The van der Waals surface area contributed by atoms with E-state index in [2.05, 4.69) is 13.2 Å². The van der Waals surface area contributed by atoms with Crippen molar-refractivity contribution in [2.45, 2.75) is 12.8 Å². The third-order valence-corrected chi connectivity index (χ3v) is 2.99. The Morgan fingerprint density at radius 1 is 0.917 bits per heavy atom. The van der Waals surface area contributed by atoms with E-state index in [-0.39, 0.29) is 35.8 Å². The Kier molecular flexibility index (Phi) is 8.03. The van der Waals surface area contributed by atoms with Gasteiger partial charge in [-0.2, -0.15) is 0 Å². The highest BCUT2D eigenvalue weighted by Crippen LogP contribution is 2.29. The van der Waals surface area contributed by atoms with Crippen molar-refractivity contribution in [3.63, 3.8) is 0 Å². The smallest absolute Gasteiger partial charge is 0.269 e. The first kappa shape index (κ1) is 19.2. The van der Waals surface area contributed by atoms with Crippen LogP contribution in [0.4, 0.5) is 0 Å². The maximum atomic E-state index is 12.0. The average molecular weight is 334 g/mol. The van der Waals surface area contributed by atoms with Gasteiger partial charge in [0.05, 0.1) is 24.3 Å². The molecule has 2 amide bonds. The molecule has 0 spiro atoms. The predicted octanol–water partition coefficient (Wildman–Crippen LogP) is 0.803. The maximum absolute atomic E-state index is 12.0. The number of nitrogen functional groups attached to an aromatic ring is 2. The van der Waals surface area contributed by atoms with E-state index in [1.54, 1.807) is 12.2 Å². The standard InChI is InChI=1S/C16H22N4O4/c1-3-5-7-23-13-9-12(16(22)20-18)14(24-8-6-4-2)10-11(13)15(21)19-17/h3-4,9-10H,1-2,5-8,17-18H2,(H,19,21)(H,20,22). The monoisotopic (exact) mass is 334 g/mol. The maximum Gasteiger partial charge on any atom is 0.269 e. The van der Waals surface area contributed by atoms with Gasteiger partial charge < -0.3 is 9.47 Å². The number of hydrazine groups is 2. The molecule has 0 atom stereocenters. The number of hydrogen-bond acceptors (Lipinski definition) is 6. The highest BCUT2D eigenvalue weighted by Gasteiger charge is 2.20. The molecule has 8 nitrogen and oxygen atoms in total. The molecule has 0 radical (unpaired) electrons. The van der Waals surface area contributed by atoms with Crippen LogP contribution in [0.25, 0.3) is 0 Å². The number of rotatable bonds is 10. The van der Waals surface area contributed by atoms with Crippen LogP contribution >= 0.6 is 0 Å². The summed E-state index contributed by atoms with van der Waals surface area (Å²) < 4.78 is 11.1. The number of benzene rings is 1.